The van der Waals surface area contributed by atoms with E-state index in [9.17, 15) is 14.4 Å². The van der Waals surface area contributed by atoms with E-state index in [1.807, 2.05) is 4.90 Å². The molecule has 2 fully saturated rings. The van der Waals surface area contributed by atoms with Gasteiger partial charge in [-0.25, -0.2) is 14.8 Å². The Morgan fingerprint density at radius 3 is 2.52 bits per heavy atom. The molecule has 0 bridgehead atoms. The molecule has 2 aliphatic rings. The van der Waals surface area contributed by atoms with E-state index in [1.54, 1.807) is 18.5 Å². The number of nitrogens with one attached hydrogen (secondary N) is 1. The quantitative estimate of drug-likeness (QED) is 0.741. The average molecular weight is 319 g/mol. The molecule has 3 heterocycles. The van der Waals surface area contributed by atoms with Gasteiger partial charge in [0, 0.05) is 32.0 Å². The first-order chi connectivity index (χ1) is 11.0. The first-order valence-corrected chi connectivity index (χ1v) is 7.40. The van der Waals surface area contributed by atoms with Crippen LogP contribution in [0.4, 0.5) is 10.7 Å². The number of nitrogens with zero attached hydrogens (tertiary/aromatic N) is 4. The Hall–Kier alpha value is -2.71. The summed E-state index contributed by atoms with van der Waals surface area (Å²) in [5.74, 6) is -0.776. The number of piperidine rings is 1. The van der Waals surface area contributed by atoms with Crippen molar-refractivity contribution in [1.82, 2.24) is 20.2 Å². The number of imide groups is 1. The van der Waals surface area contributed by atoms with Crippen LogP contribution in [-0.4, -0.2) is 63.1 Å². The van der Waals surface area contributed by atoms with Gasteiger partial charge in [0.25, 0.3) is 5.91 Å². The second-order valence-corrected chi connectivity index (χ2v) is 5.65. The summed E-state index contributed by atoms with van der Waals surface area (Å²) in [6.45, 7) is 0.985. The molecule has 2 saturated heterocycles. The van der Waals surface area contributed by atoms with E-state index in [1.165, 1.54) is 0 Å². The molecule has 0 radical (unpaired) electrons. The van der Waals surface area contributed by atoms with Gasteiger partial charge in [-0.15, -0.1) is 0 Å². The van der Waals surface area contributed by atoms with Crippen LogP contribution < -0.4 is 10.2 Å². The first kappa shape index (κ1) is 15.2. The number of carboxylic acid groups (broad SMARTS) is 1. The molecule has 0 atom stereocenters. The number of aromatic nitrogens is 2. The third-order valence-corrected chi connectivity index (χ3v) is 4.25. The second kappa shape index (κ2) is 5.82. The van der Waals surface area contributed by atoms with E-state index in [-0.39, 0.29) is 18.9 Å². The van der Waals surface area contributed by atoms with Crippen LogP contribution in [0.3, 0.4) is 0 Å². The van der Waals surface area contributed by atoms with Gasteiger partial charge in [-0.05, 0) is 18.9 Å². The number of carbonyl (C=O) groups is 3. The maximum absolute atomic E-state index is 12.5. The molecule has 2 aliphatic heterocycles. The highest BCUT2D eigenvalue weighted by Crippen LogP contribution is 2.30. The minimum Gasteiger partial charge on any atom is -0.481 e. The van der Waals surface area contributed by atoms with Gasteiger partial charge in [-0.1, -0.05) is 0 Å². The van der Waals surface area contributed by atoms with Crippen LogP contribution in [0.25, 0.3) is 0 Å². The lowest BCUT2D eigenvalue weighted by Crippen LogP contribution is -2.55. The lowest BCUT2D eigenvalue weighted by Gasteiger charge is -2.37. The maximum Gasteiger partial charge on any atom is 0.325 e. The Morgan fingerprint density at radius 1 is 1.26 bits per heavy atom. The normalized spacial score (nSPS) is 20.0. The van der Waals surface area contributed by atoms with Gasteiger partial charge in [-0.3, -0.25) is 14.5 Å². The molecule has 3 amide bonds. The van der Waals surface area contributed by atoms with Crippen LogP contribution in [-0.2, 0) is 9.59 Å². The van der Waals surface area contributed by atoms with Gasteiger partial charge in [0.15, 0.2) is 0 Å². The molecule has 0 unspecified atom stereocenters. The minimum atomic E-state index is -1.04. The lowest BCUT2D eigenvalue weighted by atomic mass is 9.87. The van der Waals surface area contributed by atoms with Crippen LogP contribution >= 0.6 is 0 Å². The molecule has 9 nitrogen and oxygen atoms in total. The molecule has 122 valence electrons. The Kier molecular flexibility index (Phi) is 3.85. The molecule has 0 aromatic carbocycles. The van der Waals surface area contributed by atoms with E-state index in [2.05, 4.69) is 15.3 Å². The summed E-state index contributed by atoms with van der Waals surface area (Å²) >= 11 is 0. The summed E-state index contributed by atoms with van der Waals surface area (Å²) < 4.78 is 0. The van der Waals surface area contributed by atoms with Crippen LogP contribution in [0.2, 0.25) is 0 Å². The fraction of sp³-hybridized carbons (Fsp3) is 0.500. The van der Waals surface area contributed by atoms with Crippen molar-refractivity contribution in [3.8, 4) is 0 Å². The molecular weight excluding hydrogens is 302 g/mol. The van der Waals surface area contributed by atoms with Crippen molar-refractivity contribution in [2.45, 2.75) is 24.8 Å². The number of urea groups is 1. The number of amides is 3. The predicted molar refractivity (Wildman–Crippen MR) is 78.7 cm³/mol. The van der Waals surface area contributed by atoms with Crippen molar-refractivity contribution < 1.29 is 19.5 Å². The van der Waals surface area contributed by atoms with Gasteiger partial charge in [0.05, 0.1) is 6.42 Å². The van der Waals surface area contributed by atoms with E-state index >= 15 is 0 Å². The summed E-state index contributed by atoms with van der Waals surface area (Å²) in [7, 11) is 0. The highest BCUT2D eigenvalue weighted by Gasteiger charge is 2.52. The van der Waals surface area contributed by atoms with Crippen molar-refractivity contribution in [3.05, 3.63) is 18.5 Å². The SMILES string of the molecule is O=C(O)CCN1C(=O)NC2(CCN(c3ncccn3)CC2)C1=O. The third-order valence-electron chi connectivity index (χ3n) is 4.25. The second-order valence-electron chi connectivity index (χ2n) is 5.65. The molecule has 0 aliphatic carbocycles. The maximum atomic E-state index is 12.5. The molecule has 1 aromatic rings. The van der Waals surface area contributed by atoms with Gasteiger partial charge in [0.2, 0.25) is 5.95 Å². The molecule has 23 heavy (non-hydrogen) atoms. The molecule has 9 heteroatoms. The van der Waals surface area contributed by atoms with E-state index in [0.717, 1.165) is 4.90 Å². The van der Waals surface area contributed by atoms with Gasteiger partial charge in [-0.2, -0.15) is 0 Å². The molecule has 3 rings (SSSR count). The van der Waals surface area contributed by atoms with E-state index < -0.39 is 17.5 Å². The topological polar surface area (TPSA) is 116 Å². The van der Waals surface area contributed by atoms with Crippen LogP contribution in [0.15, 0.2) is 18.5 Å². The molecule has 0 saturated carbocycles. The Bertz CT molecular complexity index is 627. The number of carboxylic acids is 1. The number of aliphatic carboxylic acids is 1. The summed E-state index contributed by atoms with van der Waals surface area (Å²) in [5.41, 5.74) is -0.930. The number of hydrogen-bond acceptors (Lipinski definition) is 6. The van der Waals surface area contributed by atoms with E-state index in [4.69, 9.17) is 5.11 Å². The van der Waals surface area contributed by atoms with Gasteiger partial charge in [0.1, 0.15) is 5.54 Å². The Morgan fingerprint density at radius 2 is 1.91 bits per heavy atom. The Balaban J connectivity index is 1.67. The molecular formula is C14H17N5O4. The zero-order chi connectivity index (χ0) is 16.4. The highest BCUT2D eigenvalue weighted by atomic mass is 16.4. The standard InChI is InChI=1S/C14H17N5O4/c20-10(21)2-7-19-11(22)14(17-13(19)23)3-8-18(9-4-14)12-15-5-1-6-16-12/h1,5-6H,2-4,7-9H2,(H,17,23)(H,20,21). The zero-order valence-electron chi connectivity index (χ0n) is 12.4. The number of carbonyl (C=O) groups excluding carboxylic acids is 2. The minimum absolute atomic E-state index is 0.104. The van der Waals surface area contributed by atoms with Crippen molar-refractivity contribution in [3.63, 3.8) is 0 Å². The molecule has 1 aromatic heterocycles. The van der Waals surface area contributed by atoms with Crippen molar-refractivity contribution in [1.29, 1.82) is 0 Å². The predicted octanol–water partition coefficient (Wildman–Crippen LogP) is -0.158. The van der Waals surface area contributed by atoms with E-state index in [0.29, 0.717) is 31.9 Å². The summed E-state index contributed by atoms with van der Waals surface area (Å²) in [6, 6.07) is 1.22. The first-order valence-electron chi connectivity index (χ1n) is 7.40. The van der Waals surface area contributed by atoms with Crippen LogP contribution in [0, 0.1) is 0 Å². The summed E-state index contributed by atoms with van der Waals surface area (Å²) in [4.78, 5) is 46.5. The fourth-order valence-electron chi connectivity index (χ4n) is 2.97. The summed E-state index contributed by atoms with van der Waals surface area (Å²) in [5, 5.41) is 11.5. The number of hydrogen-bond donors (Lipinski definition) is 2. The van der Waals surface area contributed by atoms with Gasteiger partial charge >= 0.3 is 12.0 Å². The van der Waals surface area contributed by atoms with Crippen LogP contribution in [0.5, 0.6) is 0 Å². The van der Waals surface area contributed by atoms with Crippen molar-refractivity contribution >= 4 is 23.9 Å². The van der Waals surface area contributed by atoms with Crippen LogP contribution in [0.1, 0.15) is 19.3 Å². The fourth-order valence-corrected chi connectivity index (χ4v) is 2.97. The zero-order valence-corrected chi connectivity index (χ0v) is 12.4. The smallest absolute Gasteiger partial charge is 0.325 e. The average Bonchev–Trinajstić information content (AvgIpc) is 2.77. The largest absolute Gasteiger partial charge is 0.481 e. The lowest BCUT2D eigenvalue weighted by molar-refractivity contribution is -0.138. The number of rotatable bonds is 4. The molecule has 1 spiro atoms. The highest BCUT2D eigenvalue weighted by molar-refractivity contribution is 6.07. The Labute approximate surface area is 132 Å². The monoisotopic (exact) mass is 319 g/mol. The molecule has 2 N–H and O–H groups in total. The number of anilines is 1. The summed E-state index contributed by atoms with van der Waals surface area (Å²) in [6.07, 6.45) is 3.95. The third kappa shape index (κ3) is 2.81. The van der Waals surface area contributed by atoms with Crippen molar-refractivity contribution in [2.75, 3.05) is 24.5 Å². The van der Waals surface area contributed by atoms with Gasteiger partial charge < -0.3 is 15.3 Å². The van der Waals surface area contributed by atoms with Crippen molar-refractivity contribution in [2.24, 2.45) is 0 Å².